The molecule has 2 fully saturated rings. The van der Waals surface area contributed by atoms with Gasteiger partial charge in [-0.15, -0.1) is 0 Å². The Hall–Kier alpha value is -1.06. The van der Waals surface area contributed by atoms with Crippen LogP contribution >= 0.6 is 0 Å². The van der Waals surface area contributed by atoms with Gasteiger partial charge in [-0.1, -0.05) is 26.7 Å². The lowest BCUT2D eigenvalue weighted by molar-refractivity contribution is -0.169. The Bertz CT molecular complexity index is 365. The van der Waals surface area contributed by atoms with Crippen LogP contribution in [-0.2, 0) is 19.1 Å². The summed E-state index contributed by atoms with van der Waals surface area (Å²) in [5.74, 6) is 0.356. The van der Waals surface area contributed by atoms with E-state index in [1.165, 1.54) is 0 Å². The maximum Gasteiger partial charge on any atom is 0.347 e. The standard InChI is InChI=1S/C15H24O4/c1-4-10-8-11(5-2)15(3,9-10)14(17)19-12-6-7-18-13(12)16/h10-12H,4-9H2,1-3H3. The first-order valence-corrected chi connectivity index (χ1v) is 7.39. The van der Waals surface area contributed by atoms with E-state index in [-0.39, 0.29) is 5.97 Å². The van der Waals surface area contributed by atoms with Crippen molar-refractivity contribution in [3.8, 4) is 0 Å². The van der Waals surface area contributed by atoms with Gasteiger partial charge < -0.3 is 9.47 Å². The number of rotatable bonds is 4. The highest BCUT2D eigenvalue weighted by molar-refractivity contribution is 5.83. The van der Waals surface area contributed by atoms with E-state index in [1.807, 2.05) is 6.92 Å². The van der Waals surface area contributed by atoms with Gasteiger partial charge in [0, 0.05) is 6.42 Å². The molecule has 0 spiro atoms. The molecule has 0 radical (unpaired) electrons. The predicted molar refractivity (Wildman–Crippen MR) is 70.4 cm³/mol. The summed E-state index contributed by atoms with van der Waals surface area (Å²) in [5, 5.41) is 0. The fourth-order valence-corrected chi connectivity index (χ4v) is 3.54. The molecule has 1 heterocycles. The van der Waals surface area contributed by atoms with Crippen LogP contribution in [0.25, 0.3) is 0 Å². The highest BCUT2D eigenvalue weighted by Crippen LogP contribution is 2.50. The number of hydrogen-bond donors (Lipinski definition) is 0. The first kappa shape index (κ1) is 14.4. The third-order valence-corrected chi connectivity index (χ3v) is 4.90. The van der Waals surface area contributed by atoms with Gasteiger partial charge in [0.25, 0.3) is 0 Å². The van der Waals surface area contributed by atoms with Crippen LogP contribution < -0.4 is 0 Å². The average Bonchev–Trinajstić information content (AvgIpc) is 2.94. The van der Waals surface area contributed by atoms with Gasteiger partial charge >= 0.3 is 11.9 Å². The maximum atomic E-state index is 12.5. The predicted octanol–water partition coefficient (Wildman–Crippen LogP) is 2.70. The Balaban J connectivity index is 2.05. The van der Waals surface area contributed by atoms with Crippen LogP contribution in [-0.4, -0.2) is 24.6 Å². The number of esters is 2. The quantitative estimate of drug-likeness (QED) is 0.736. The summed E-state index contributed by atoms with van der Waals surface area (Å²) < 4.78 is 10.3. The molecule has 0 aromatic heterocycles. The summed E-state index contributed by atoms with van der Waals surface area (Å²) in [6, 6.07) is 0. The molecule has 108 valence electrons. The van der Waals surface area contributed by atoms with E-state index in [0.29, 0.717) is 24.9 Å². The fourth-order valence-electron chi connectivity index (χ4n) is 3.54. The number of ether oxygens (including phenoxy) is 2. The molecular formula is C15H24O4. The molecule has 1 saturated heterocycles. The van der Waals surface area contributed by atoms with Gasteiger partial charge in [0.15, 0.2) is 0 Å². The van der Waals surface area contributed by atoms with Gasteiger partial charge in [-0.25, -0.2) is 4.79 Å². The molecule has 4 unspecified atom stereocenters. The number of carbonyl (C=O) groups is 2. The molecule has 4 nitrogen and oxygen atoms in total. The van der Waals surface area contributed by atoms with Crippen LogP contribution in [0.1, 0.15) is 52.9 Å². The number of cyclic esters (lactones) is 1. The Morgan fingerprint density at radius 2 is 2.16 bits per heavy atom. The second-order valence-corrected chi connectivity index (χ2v) is 6.09. The van der Waals surface area contributed by atoms with Crippen LogP contribution in [0.3, 0.4) is 0 Å². The van der Waals surface area contributed by atoms with Gasteiger partial charge in [0.2, 0.25) is 6.10 Å². The third-order valence-electron chi connectivity index (χ3n) is 4.90. The monoisotopic (exact) mass is 268 g/mol. The number of carbonyl (C=O) groups excluding carboxylic acids is 2. The van der Waals surface area contributed by atoms with Gasteiger partial charge in [0.1, 0.15) is 0 Å². The van der Waals surface area contributed by atoms with E-state index in [4.69, 9.17) is 9.47 Å². The summed E-state index contributed by atoms with van der Waals surface area (Å²) in [7, 11) is 0. The zero-order valence-electron chi connectivity index (χ0n) is 12.1. The van der Waals surface area contributed by atoms with E-state index < -0.39 is 17.5 Å². The van der Waals surface area contributed by atoms with E-state index >= 15 is 0 Å². The number of hydrogen-bond acceptors (Lipinski definition) is 4. The molecular weight excluding hydrogens is 244 g/mol. The second-order valence-electron chi connectivity index (χ2n) is 6.09. The molecule has 1 aliphatic carbocycles. The highest BCUT2D eigenvalue weighted by Gasteiger charge is 2.50. The normalized spacial score (nSPS) is 38.3. The second kappa shape index (κ2) is 5.51. The lowest BCUT2D eigenvalue weighted by Gasteiger charge is -2.29. The lowest BCUT2D eigenvalue weighted by atomic mass is 9.78. The van der Waals surface area contributed by atoms with Crippen LogP contribution in [0.4, 0.5) is 0 Å². The first-order valence-electron chi connectivity index (χ1n) is 7.39. The smallest absolute Gasteiger partial charge is 0.347 e. The van der Waals surface area contributed by atoms with E-state index in [2.05, 4.69) is 13.8 Å². The minimum Gasteiger partial charge on any atom is -0.463 e. The summed E-state index contributed by atoms with van der Waals surface area (Å²) >= 11 is 0. The van der Waals surface area contributed by atoms with Crippen LogP contribution in [0.2, 0.25) is 0 Å². The minimum atomic E-state index is -0.678. The van der Waals surface area contributed by atoms with E-state index in [0.717, 1.165) is 25.7 Å². The summed E-state index contributed by atoms with van der Waals surface area (Å²) in [6.07, 6.45) is 3.87. The molecule has 0 aromatic carbocycles. The van der Waals surface area contributed by atoms with Crippen molar-refractivity contribution in [1.82, 2.24) is 0 Å². The Morgan fingerprint density at radius 1 is 1.42 bits per heavy atom. The largest absolute Gasteiger partial charge is 0.463 e. The molecule has 2 aliphatic rings. The van der Waals surface area contributed by atoms with Crippen molar-refractivity contribution >= 4 is 11.9 Å². The van der Waals surface area contributed by atoms with Gasteiger partial charge in [-0.05, 0) is 31.6 Å². The fraction of sp³-hybridized carbons (Fsp3) is 0.867. The molecule has 4 heteroatoms. The molecule has 1 aliphatic heterocycles. The van der Waals surface area contributed by atoms with Crippen LogP contribution in [0, 0.1) is 17.3 Å². The van der Waals surface area contributed by atoms with Crippen LogP contribution in [0.5, 0.6) is 0 Å². The topological polar surface area (TPSA) is 52.6 Å². The summed E-state index contributed by atoms with van der Waals surface area (Å²) in [4.78, 5) is 23.9. The molecule has 0 amide bonds. The van der Waals surface area contributed by atoms with Gasteiger partial charge in [0.05, 0.1) is 12.0 Å². The molecule has 0 N–H and O–H groups in total. The van der Waals surface area contributed by atoms with Crippen molar-refractivity contribution in [2.45, 2.75) is 59.0 Å². The molecule has 2 rings (SSSR count). The molecule has 0 bridgehead atoms. The Kier molecular flexibility index (Phi) is 4.16. The highest BCUT2D eigenvalue weighted by atomic mass is 16.6. The van der Waals surface area contributed by atoms with Crippen molar-refractivity contribution in [3.05, 3.63) is 0 Å². The average molecular weight is 268 g/mol. The Morgan fingerprint density at radius 3 is 2.68 bits per heavy atom. The minimum absolute atomic E-state index is 0.209. The molecule has 4 atom stereocenters. The summed E-state index contributed by atoms with van der Waals surface area (Å²) in [6.45, 7) is 6.66. The molecule has 0 aromatic rings. The zero-order chi connectivity index (χ0) is 14.0. The van der Waals surface area contributed by atoms with E-state index in [9.17, 15) is 9.59 Å². The van der Waals surface area contributed by atoms with Gasteiger partial charge in [-0.3, -0.25) is 4.79 Å². The van der Waals surface area contributed by atoms with Crippen molar-refractivity contribution in [1.29, 1.82) is 0 Å². The maximum absolute atomic E-state index is 12.5. The lowest BCUT2D eigenvalue weighted by Crippen LogP contribution is -2.37. The summed E-state index contributed by atoms with van der Waals surface area (Å²) in [5.41, 5.74) is -0.432. The van der Waals surface area contributed by atoms with Gasteiger partial charge in [-0.2, -0.15) is 0 Å². The van der Waals surface area contributed by atoms with Crippen LogP contribution in [0.15, 0.2) is 0 Å². The molecule has 1 saturated carbocycles. The molecule has 19 heavy (non-hydrogen) atoms. The third kappa shape index (κ3) is 2.63. The van der Waals surface area contributed by atoms with E-state index in [1.54, 1.807) is 0 Å². The van der Waals surface area contributed by atoms with Crippen molar-refractivity contribution in [3.63, 3.8) is 0 Å². The van der Waals surface area contributed by atoms with Crippen molar-refractivity contribution in [2.24, 2.45) is 17.3 Å². The SMILES string of the molecule is CCC1CC(CC)C(C)(C(=O)OC2CCOC2=O)C1. The first-order chi connectivity index (χ1) is 9.01. The van der Waals surface area contributed by atoms with Crippen molar-refractivity contribution in [2.75, 3.05) is 6.61 Å². The van der Waals surface area contributed by atoms with Crippen molar-refractivity contribution < 1.29 is 19.1 Å². The zero-order valence-corrected chi connectivity index (χ0v) is 12.1. The Labute approximate surface area is 114 Å².